The number of hydrogen-bond acceptors (Lipinski definition) is 3. The largest absolute Gasteiger partial charge is 0.465 e. The lowest BCUT2D eigenvalue weighted by Gasteiger charge is -2.04. The number of hydrogen-bond donors (Lipinski definition) is 0. The van der Waals surface area contributed by atoms with Crippen molar-refractivity contribution in [3.63, 3.8) is 0 Å². The normalized spacial score (nSPS) is 10.5. The van der Waals surface area contributed by atoms with Crippen LogP contribution in [0, 0.1) is 0 Å². The van der Waals surface area contributed by atoms with Crippen LogP contribution in [0.25, 0.3) is 16.9 Å². The molecule has 3 rings (SSSR count). The van der Waals surface area contributed by atoms with E-state index in [1.54, 1.807) is 22.9 Å². The third kappa shape index (κ3) is 2.87. The minimum atomic E-state index is -0.369. The molecule has 1 heterocycles. The molecule has 3 aromatic rings. The first kappa shape index (κ1) is 14.4. The maximum absolute atomic E-state index is 11.6. The van der Waals surface area contributed by atoms with E-state index >= 15 is 0 Å². The number of methoxy groups -OCH3 is 1. The predicted octanol–water partition coefficient (Wildman–Crippen LogP) is 3.98. The number of rotatable bonds is 3. The Morgan fingerprint density at radius 1 is 1.14 bits per heavy atom. The van der Waals surface area contributed by atoms with E-state index in [1.165, 1.54) is 7.11 Å². The zero-order valence-electron chi connectivity index (χ0n) is 11.9. The first-order chi connectivity index (χ1) is 10.7. The van der Waals surface area contributed by atoms with Gasteiger partial charge in [0.15, 0.2) is 0 Å². The van der Waals surface area contributed by atoms with Crippen molar-refractivity contribution in [1.82, 2.24) is 9.78 Å². The molecule has 0 saturated carbocycles. The monoisotopic (exact) mass is 312 g/mol. The maximum atomic E-state index is 11.6. The van der Waals surface area contributed by atoms with Gasteiger partial charge >= 0.3 is 5.97 Å². The summed E-state index contributed by atoms with van der Waals surface area (Å²) in [6, 6.07) is 16.5. The van der Waals surface area contributed by atoms with Crippen molar-refractivity contribution in [2.75, 3.05) is 7.11 Å². The molecule has 1 aromatic heterocycles. The van der Waals surface area contributed by atoms with Gasteiger partial charge in [0.1, 0.15) is 0 Å². The number of halogens is 1. The number of nitrogens with zero attached hydrogens (tertiary/aromatic N) is 2. The molecule has 0 aliphatic carbocycles. The molecule has 4 nitrogen and oxygen atoms in total. The van der Waals surface area contributed by atoms with Crippen molar-refractivity contribution in [3.8, 4) is 16.9 Å². The van der Waals surface area contributed by atoms with Gasteiger partial charge in [-0.05, 0) is 36.4 Å². The van der Waals surface area contributed by atoms with E-state index in [0.29, 0.717) is 10.6 Å². The van der Waals surface area contributed by atoms with Gasteiger partial charge < -0.3 is 4.74 Å². The SMILES string of the molecule is COC(=O)c1cccc(-n2ccc(-c3ccc(Cl)cc3)n2)c1. The van der Waals surface area contributed by atoms with Crippen molar-refractivity contribution < 1.29 is 9.53 Å². The Balaban J connectivity index is 1.94. The van der Waals surface area contributed by atoms with Gasteiger partial charge in [-0.25, -0.2) is 9.48 Å². The van der Waals surface area contributed by atoms with E-state index in [4.69, 9.17) is 16.3 Å². The van der Waals surface area contributed by atoms with Gasteiger partial charge in [-0.1, -0.05) is 29.8 Å². The fraction of sp³-hybridized carbons (Fsp3) is 0.0588. The molecule has 0 fully saturated rings. The molecule has 5 heteroatoms. The average Bonchev–Trinajstić information content (AvgIpc) is 3.05. The Morgan fingerprint density at radius 3 is 2.64 bits per heavy atom. The molecule has 0 saturated heterocycles. The Morgan fingerprint density at radius 2 is 1.91 bits per heavy atom. The molecule has 0 aliphatic rings. The summed E-state index contributed by atoms with van der Waals surface area (Å²) in [6.07, 6.45) is 1.85. The van der Waals surface area contributed by atoms with Crippen LogP contribution >= 0.6 is 11.6 Å². The molecule has 0 bridgehead atoms. The van der Waals surface area contributed by atoms with E-state index in [9.17, 15) is 4.79 Å². The van der Waals surface area contributed by atoms with Gasteiger partial charge in [0.25, 0.3) is 0 Å². The molecule has 0 unspecified atom stereocenters. The van der Waals surface area contributed by atoms with Crippen LogP contribution in [0.15, 0.2) is 60.8 Å². The van der Waals surface area contributed by atoms with E-state index in [0.717, 1.165) is 16.9 Å². The number of esters is 1. The van der Waals surface area contributed by atoms with Crippen molar-refractivity contribution in [1.29, 1.82) is 0 Å². The minimum absolute atomic E-state index is 0.369. The topological polar surface area (TPSA) is 44.1 Å². The van der Waals surface area contributed by atoms with Gasteiger partial charge in [0, 0.05) is 16.8 Å². The summed E-state index contributed by atoms with van der Waals surface area (Å²) in [6.45, 7) is 0. The molecule has 0 spiro atoms. The van der Waals surface area contributed by atoms with Crippen molar-refractivity contribution in [3.05, 3.63) is 71.4 Å². The Hall–Kier alpha value is -2.59. The summed E-state index contributed by atoms with van der Waals surface area (Å²) in [7, 11) is 1.36. The second kappa shape index (κ2) is 6.03. The fourth-order valence-electron chi connectivity index (χ4n) is 2.14. The lowest BCUT2D eigenvalue weighted by molar-refractivity contribution is 0.0600. The number of carbonyl (C=O) groups is 1. The molecular weight excluding hydrogens is 300 g/mol. The molecule has 0 aliphatic heterocycles. The number of benzene rings is 2. The van der Waals surface area contributed by atoms with Crippen LogP contribution in [0.5, 0.6) is 0 Å². The molecule has 2 aromatic carbocycles. The lowest BCUT2D eigenvalue weighted by Crippen LogP contribution is -2.03. The zero-order valence-corrected chi connectivity index (χ0v) is 12.6. The third-order valence-electron chi connectivity index (χ3n) is 3.26. The van der Waals surface area contributed by atoms with E-state index < -0.39 is 0 Å². The molecule has 22 heavy (non-hydrogen) atoms. The van der Waals surface area contributed by atoms with Gasteiger partial charge in [-0.3, -0.25) is 0 Å². The van der Waals surface area contributed by atoms with Crippen molar-refractivity contribution in [2.45, 2.75) is 0 Å². The maximum Gasteiger partial charge on any atom is 0.337 e. The predicted molar refractivity (Wildman–Crippen MR) is 85.3 cm³/mol. The Bertz CT molecular complexity index is 810. The molecule has 0 atom stereocenters. The number of carbonyl (C=O) groups excluding carboxylic acids is 1. The molecule has 0 amide bonds. The summed E-state index contributed by atoms with van der Waals surface area (Å²) >= 11 is 5.89. The fourth-order valence-corrected chi connectivity index (χ4v) is 2.26. The summed E-state index contributed by atoms with van der Waals surface area (Å²) in [5.41, 5.74) is 3.10. The first-order valence-corrected chi connectivity index (χ1v) is 7.05. The minimum Gasteiger partial charge on any atom is -0.465 e. The third-order valence-corrected chi connectivity index (χ3v) is 3.51. The molecule has 0 N–H and O–H groups in total. The summed E-state index contributed by atoms with van der Waals surface area (Å²) in [4.78, 5) is 11.6. The number of ether oxygens (including phenoxy) is 1. The smallest absolute Gasteiger partial charge is 0.337 e. The van der Waals surface area contributed by atoms with Gasteiger partial charge in [-0.15, -0.1) is 0 Å². The second-order valence-electron chi connectivity index (χ2n) is 4.69. The second-order valence-corrected chi connectivity index (χ2v) is 5.13. The molecule has 0 radical (unpaired) electrons. The summed E-state index contributed by atoms with van der Waals surface area (Å²) < 4.78 is 6.45. The Kier molecular flexibility index (Phi) is 3.94. The lowest BCUT2D eigenvalue weighted by atomic mass is 10.2. The van der Waals surface area contributed by atoms with Crippen LogP contribution < -0.4 is 0 Å². The van der Waals surface area contributed by atoms with E-state index in [-0.39, 0.29) is 5.97 Å². The van der Waals surface area contributed by atoms with Crippen LogP contribution in [-0.2, 0) is 4.74 Å². The van der Waals surface area contributed by atoms with Crippen LogP contribution in [0.2, 0.25) is 5.02 Å². The Labute approximate surface area is 132 Å². The molecule has 110 valence electrons. The average molecular weight is 313 g/mol. The zero-order chi connectivity index (χ0) is 15.5. The summed E-state index contributed by atoms with van der Waals surface area (Å²) in [5, 5.41) is 5.22. The van der Waals surface area contributed by atoms with Crippen LogP contribution in [-0.4, -0.2) is 22.9 Å². The van der Waals surface area contributed by atoms with Crippen LogP contribution in [0.1, 0.15) is 10.4 Å². The van der Waals surface area contributed by atoms with Crippen LogP contribution in [0.3, 0.4) is 0 Å². The van der Waals surface area contributed by atoms with Crippen molar-refractivity contribution in [2.24, 2.45) is 0 Å². The number of aromatic nitrogens is 2. The standard InChI is InChI=1S/C17H13ClN2O2/c1-22-17(21)13-3-2-4-15(11-13)20-10-9-16(19-20)12-5-7-14(18)8-6-12/h2-11H,1H3. The highest BCUT2D eigenvalue weighted by Gasteiger charge is 2.08. The first-order valence-electron chi connectivity index (χ1n) is 6.68. The highest BCUT2D eigenvalue weighted by atomic mass is 35.5. The highest BCUT2D eigenvalue weighted by molar-refractivity contribution is 6.30. The highest BCUT2D eigenvalue weighted by Crippen LogP contribution is 2.21. The van der Waals surface area contributed by atoms with Gasteiger partial charge in [0.2, 0.25) is 0 Å². The van der Waals surface area contributed by atoms with E-state index in [2.05, 4.69) is 5.10 Å². The van der Waals surface area contributed by atoms with E-state index in [1.807, 2.05) is 42.6 Å². The van der Waals surface area contributed by atoms with Crippen LogP contribution in [0.4, 0.5) is 0 Å². The quantitative estimate of drug-likeness (QED) is 0.687. The van der Waals surface area contributed by atoms with Gasteiger partial charge in [-0.2, -0.15) is 5.10 Å². The van der Waals surface area contributed by atoms with Crippen molar-refractivity contribution >= 4 is 17.6 Å². The summed E-state index contributed by atoms with van der Waals surface area (Å²) in [5.74, 6) is -0.369. The van der Waals surface area contributed by atoms with Gasteiger partial charge in [0.05, 0.1) is 24.1 Å². The molecular formula is C17H13ClN2O2.